The van der Waals surface area contributed by atoms with Gasteiger partial charge in [-0.25, -0.2) is 4.79 Å². The average molecular weight is 365 g/mol. The molecule has 2 atom stereocenters. The summed E-state index contributed by atoms with van der Waals surface area (Å²) in [6.45, 7) is 2.34. The van der Waals surface area contributed by atoms with Crippen molar-refractivity contribution in [1.29, 1.82) is 0 Å². The molecule has 27 heavy (non-hydrogen) atoms. The van der Waals surface area contributed by atoms with E-state index in [0.717, 1.165) is 30.4 Å². The van der Waals surface area contributed by atoms with Crippen molar-refractivity contribution in [3.8, 4) is 0 Å². The Morgan fingerprint density at radius 1 is 1.07 bits per heavy atom. The molecule has 4 heteroatoms. The van der Waals surface area contributed by atoms with Gasteiger partial charge in [0.2, 0.25) is 0 Å². The van der Waals surface area contributed by atoms with Gasteiger partial charge < -0.3 is 14.7 Å². The van der Waals surface area contributed by atoms with Crippen LogP contribution in [0.1, 0.15) is 48.8 Å². The van der Waals surface area contributed by atoms with Gasteiger partial charge >= 0.3 is 6.09 Å². The second-order valence-electron chi connectivity index (χ2n) is 7.99. The van der Waals surface area contributed by atoms with E-state index in [4.69, 9.17) is 4.74 Å². The van der Waals surface area contributed by atoms with Crippen LogP contribution in [0.4, 0.5) is 4.79 Å². The number of rotatable bonds is 3. The van der Waals surface area contributed by atoms with Gasteiger partial charge in [0.25, 0.3) is 0 Å². The highest BCUT2D eigenvalue weighted by Gasteiger charge is 2.48. The maximum Gasteiger partial charge on any atom is 0.410 e. The predicted octanol–water partition coefficient (Wildman–Crippen LogP) is 4.54. The Labute approximate surface area is 160 Å². The number of ether oxygens (including phenoxy) is 1. The molecule has 4 nitrogen and oxygen atoms in total. The molecule has 2 aliphatic rings. The van der Waals surface area contributed by atoms with Gasteiger partial charge in [-0.2, -0.15) is 0 Å². The Balaban J connectivity index is 1.48. The molecule has 2 bridgehead atoms. The second-order valence-corrected chi connectivity index (χ2v) is 7.99. The van der Waals surface area contributed by atoms with Gasteiger partial charge in [0.05, 0.1) is 5.60 Å². The lowest BCUT2D eigenvalue weighted by molar-refractivity contribution is -0.0896. The van der Waals surface area contributed by atoms with Crippen LogP contribution in [-0.2, 0) is 16.9 Å². The smallest absolute Gasteiger partial charge is 0.410 e. The standard InChI is InChI=1S/C23H27NO3/c1-17-10-12-19(13-11-17)23(26)14-20-8-5-9-21(15-23)24(20)22(25)27-16-18-6-3-2-4-7-18/h2-4,6-7,10-13,20-21,26H,5,8-9,14-16H2,1H3. The predicted molar refractivity (Wildman–Crippen MR) is 104 cm³/mol. The van der Waals surface area contributed by atoms with E-state index >= 15 is 0 Å². The number of benzene rings is 2. The fourth-order valence-corrected chi connectivity index (χ4v) is 4.62. The Bertz CT molecular complexity index is 773. The third-order valence-corrected chi connectivity index (χ3v) is 6.01. The third-order valence-electron chi connectivity index (χ3n) is 6.01. The van der Waals surface area contributed by atoms with Gasteiger partial charge in [-0.1, -0.05) is 60.2 Å². The largest absolute Gasteiger partial charge is 0.445 e. The molecule has 2 aromatic rings. The number of hydrogen-bond donors (Lipinski definition) is 1. The van der Waals surface area contributed by atoms with Crippen LogP contribution in [0.15, 0.2) is 54.6 Å². The first-order chi connectivity index (χ1) is 13.0. The van der Waals surface area contributed by atoms with Crippen molar-refractivity contribution in [2.45, 2.75) is 63.3 Å². The number of piperidine rings is 2. The molecule has 0 aliphatic carbocycles. The average Bonchev–Trinajstić information content (AvgIpc) is 2.67. The summed E-state index contributed by atoms with van der Waals surface area (Å²) in [5, 5.41) is 11.4. The van der Waals surface area contributed by atoms with Gasteiger partial charge in [0.15, 0.2) is 0 Å². The van der Waals surface area contributed by atoms with Crippen LogP contribution in [0.3, 0.4) is 0 Å². The Morgan fingerprint density at radius 2 is 1.70 bits per heavy atom. The summed E-state index contributed by atoms with van der Waals surface area (Å²) >= 11 is 0. The Kier molecular flexibility index (Phi) is 4.92. The molecule has 0 spiro atoms. The van der Waals surface area contributed by atoms with Crippen LogP contribution in [0.25, 0.3) is 0 Å². The maximum absolute atomic E-state index is 12.8. The van der Waals surface area contributed by atoms with E-state index in [2.05, 4.69) is 0 Å². The number of carbonyl (C=O) groups is 1. The highest BCUT2D eigenvalue weighted by atomic mass is 16.6. The maximum atomic E-state index is 12.8. The van der Waals surface area contributed by atoms with E-state index in [1.54, 1.807) is 0 Å². The molecule has 1 N–H and O–H groups in total. The van der Waals surface area contributed by atoms with Crippen LogP contribution >= 0.6 is 0 Å². The highest BCUT2D eigenvalue weighted by Crippen LogP contribution is 2.44. The van der Waals surface area contributed by atoms with Gasteiger partial charge in [-0.15, -0.1) is 0 Å². The molecule has 0 aromatic heterocycles. The Morgan fingerprint density at radius 3 is 2.33 bits per heavy atom. The first-order valence-electron chi connectivity index (χ1n) is 9.84. The monoisotopic (exact) mass is 365 g/mol. The van der Waals surface area contributed by atoms with Crippen LogP contribution < -0.4 is 0 Å². The zero-order valence-corrected chi connectivity index (χ0v) is 15.8. The summed E-state index contributed by atoms with van der Waals surface area (Å²) in [4.78, 5) is 14.7. The fourth-order valence-electron chi connectivity index (χ4n) is 4.62. The molecule has 2 aromatic carbocycles. The van der Waals surface area contributed by atoms with Crippen molar-refractivity contribution in [2.24, 2.45) is 0 Å². The molecule has 0 saturated carbocycles. The lowest BCUT2D eigenvalue weighted by atomic mass is 9.72. The molecule has 1 amide bonds. The van der Waals surface area contributed by atoms with Gasteiger partial charge in [0.1, 0.15) is 6.61 Å². The molecule has 0 radical (unpaired) electrons. The van der Waals surface area contributed by atoms with Crippen LogP contribution in [0.5, 0.6) is 0 Å². The van der Waals surface area contributed by atoms with Crippen LogP contribution in [0.2, 0.25) is 0 Å². The summed E-state index contributed by atoms with van der Waals surface area (Å²) in [6.07, 6.45) is 3.84. The van der Waals surface area contributed by atoms with Crippen LogP contribution in [-0.4, -0.2) is 28.2 Å². The number of nitrogens with zero attached hydrogens (tertiary/aromatic N) is 1. The minimum atomic E-state index is -0.861. The molecule has 2 fully saturated rings. The highest BCUT2D eigenvalue weighted by molar-refractivity contribution is 5.69. The van der Waals surface area contributed by atoms with E-state index < -0.39 is 5.60 Å². The molecule has 2 saturated heterocycles. The quantitative estimate of drug-likeness (QED) is 0.869. The molecular weight excluding hydrogens is 338 g/mol. The van der Waals surface area contributed by atoms with Gasteiger partial charge in [-0.3, -0.25) is 0 Å². The number of carbonyl (C=O) groups excluding carboxylic acids is 1. The van der Waals surface area contributed by atoms with E-state index in [0.29, 0.717) is 12.8 Å². The fraction of sp³-hybridized carbons (Fsp3) is 0.435. The second kappa shape index (κ2) is 7.35. The third kappa shape index (κ3) is 3.72. The summed E-state index contributed by atoms with van der Waals surface area (Å²) in [5.74, 6) is 0. The normalized spacial score (nSPS) is 27.3. The SMILES string of the molecule is Cc1ccc(C2(O)CC3CCCC(C2)N3C(=O)OCc2ccccc2)cc1. The number of fused-ring (bicyclic) bond motifs is 2. The molecule has 142 valence electrons. The molecule has 2 unspecified atom stereocenters. The zero-order chi connectivity index (χ0) is 18.9. The zero-order valence-electron chi connectivity index (χ0n) is 15.8. The first-order valence-corrected chi connectivity index (χ1v) is 9.84. The van der Waals surface area contributed by atoms with Crippen molar-refractivity contribution >= 4 is 6.09 Å². The Hall–Kier alpha value is -2.33. The van der Waals surface area contributed by atoms with E-state index in [1.807, 2.05) is 66.4 Å². The molecule has 2 heterocycles. The topological polar surface area (TPSA) is 49.8 Å². The van der Waals surface area contributed by atoms with E-state index in [1.165, 1.54) is 5.56 Å². The van der Waals surface area contributed by atoms with Crippen molar-refractivity contribution < 1.29 is 14.6 Å². The van der Waals surface area contributed by atoms with E-state index in [-0.39, 0.29) is 24.8 Å². The minimum absolute atomic E-state index is 0.0343. The number of aryl methyl sites for hydroxylation is 1. The number of amides is 1. The van der Waals surface area contributed by atoms with Crippen molar-refractivity contribution in [3.05, 3.63) is 71.3 Å². The van der Waals surface area contributed by atoms with E-state index in [9.17, 15) is 9.90 Å². The van der Waals surface area contributed by atoms with Crippen molar-refractivity contribution in [1.82, 2.24) is 4.90 Å². The van der Waals surface area contributed by atoms with Gasteiger partial charge in [-0.05, 0) is 37.3 Å². The number of aliphatic hydroxyl groups is 1. The first kappa shape index (κ1) is 18.1. The summed E-state index contributed by atoms with van der Waals surface area (Å²) < 4.78 is 5.60. The summed E-state index contributed by atoms with van der Waals surface area (Å²) in [5.41, 5.74) is 2.27. The summed E-state index contributed by atoms with van der Waals surface area (Å²) in [6, 6.07) is 18.0. The number of hydrogen-bond acceptors (Lipinski definition) is 3. The summed E-state index contributed by atoms with van der Waals surface area (Å²) in [7, 11) is 0. The van der Waals surface area contributed by atoms with Crippen molar-refractivity contribution in [3.63, 3.8) is 0 Å². The van der Waals surface area contributed by atoms with Gasteiger partial charge in [0, 0.05) is 24.9 Å². The minimum Gasteiger partial charge on any atom is -0.445 e. The van der Waals surface area contributed by atoms with Crippen LogP contribution in [0, 0.1) is 6.92 Å². The molecule has 2 aliphatic heterocycles. The lowest BCUT2D eigenvalue weighted by Crippen LogP contribution is -2.58. The molecular formula is C23H27NO3. The molecule has 4 rings (SSSR count). The van der Waals surface area contributed by atoms with Crippen molar-refractivity contribution in [2.75, 3.05) is 0 Å². The lowest BCUT2D eigenvalue weighted by Gasteiger charge is -2.51.